The third-order valence-corrected chi connectivity index (χ3v) is 7.76. The molecule has 0 atom stereocenters. The van der Waals surface area contributed by atoms with Crippen LogP contribution in [0.3, 0.4) is 0 Å². The van der Waals surface area contributed by atoms with E-state index in [-0.39, 0.29) is 10.6 Å². The fourth-order valence-electron chi connectivity index (χ4n) is 3.51. The van der Waals surface area contributed by atoms with Crippen LogP contribution >= 0.6 is 0 Å². The van der Waals surface area contributed by atoms with Crippen LogP contribution in [0.1, 0.15) is 18.1 Å². The Morgan fingerprint density at radius 2 is 1.49 bits per heavy atom. The lowest BCUT2D eigenvalue weighted by Gasteiger charge is -2.24. The Kier molecular flexibility index (Phi) is 8.18. The lowest BCUT2D eigenvalue weighted by Crippen LogP contribution is -2.38. The second kappa shape index (κ2) is 10.8. The number of benzene rings is 3. The highest BCUT2D eigenvalue weighted by Gasteiger charge is 2.34. The number of anilines is 3. The van der Waals surface area contributed by atoms with Crippen molar-refractivity contribution in [2.45, 2.75) is 24.4 Å². The first-order chi connectivity index (χ1) is 17.2. The van der Waals surface area contributed by atoms with Gasteiger partial charge in [0.25, 0.3) is 10.0 Å². The zero-order valence-electron chi connectivity index (χ0n) is 19.8. The minimum absolute atomic E-state index is 0.164. The van der Waals surface area contributed by atoms with Crippen LogP contribution in [-0.2, 0) is 37.4 Å². The summed E-state index contributed by atoms with van der Waals surface area (Å²) in [7, 11) is -8.18. The molecule has 8 nitrogen and oxygen atoms in total. The highest BCUT2D eigenvalue weighted by molar-refractivity contribution is 7.92. The first-order valence-corrected chi connectivity index (χ1v) is 14.2. The maximum absolute atomic E-state index is 13.2. The van der Waals surface area contributed by atoms with Gasteiger partial charge in [-0.05, 0) is 54.4 Å². The molecule has 2 N–H and O–H groups in total. The van der Waals surface area contributed by atoms with E-state index in [4.69, 9.17) is 0 Å². The molecular formula is C24H24F3N3O5S2. The topological polar surface area (TPSA) is 113 Å². The molecule has 13 heteroatoms. The summed E-state index contributed by atoms with van der Waals surface area (Å²) in [6.07, 6.45) is -3.23. The lowest BCUT2D eigenvalue weighted by molar-refractivity contribution is -0.136. The number of amides is 1. The van der Waals surface area contributed by atoms with E-state index in [1.165, 1.54) is 18.2 Å². The summed E-state index contributed by atoms with van der Waals surface area (Å²) >= 11 is 0. The molecule has 0 bridgehead atoms. The number of alkyl halides is 3. The Bertz CT molecular complexity index is 1490. The molecule has 0 aromatic heterocycles. The summed E-state index contributed by atoms with van der Waals surface area (Å²) in [6.45, 7) is 1.33. The van der Waals surface area contributed by atoms with Gasteiger partial charge in [-0.3, -0.25) is 13.8 Å². The van der Waals surface area contributed by atoms with Crippen molar-refractivity contribution in [1.82, 2.24) is 0 Å². The van der Waals surface area contributed by atoms with Gasteiger partial charge in [-0.2, -0.15) is 13.2 Å². The molecule has 1 amide bonds. The molecule has 0 aliphatic rings. The fourth-order valence-corrected chi connectivity index (χ4v) is 5.47. The summed E-state index contributed by atoms with van der Waals surface area (Å²) < 4.78 is 92.6. The van der Waals surface area contributed by atoms with E-state index in [1.54, 1.807) is 24.3 Å². The number of sulfonamides is 2. The van der Waals surface area contributed by atoms with Crippen molar-refractivity contribution in [3.63, 3.8) is 0 Å². The molecule has 37 heavy (non-hydrogen) atoms. The number of carbonyl (C=O) groups excluding carboxylic acids is 1. The van der Waals surface area contributed by atoms with Gasteiger partial charge < -0.3 is 5.32 Å². The van der Waals surface area contributed by atoms with Gasteiger partial charge in [0.15, 0.2) is 0 Å². The number of aryl methyl sites for hydroxylation is 1. The Morgan fingerprint density at radius 3 is 2.08 bits per heavy atom. The van der Waals surface area contributed by atoms with Crippen LogP contribution in [0, 0.1) is 0 Å². The van der Waals surface area contributed by atoms with Gasteiger partial charge in [-0.15, -0.1) is 0 Å². The van der Waals surface area contributed by atoms with Crippen LogP contribution in [0.25, 0.3) is 0 Å². The number of para-hydroxylation sites is 2. The first kappa shape index (κ1) is 28.0. The average Bonchev–Trinajstić information content (AvgIpc) is 2.81. The summed E-state index contributed by atoms with van der Waals surface area (Å²) in [5, 5.41) is 2.50. The number of nitrogens with zero attached hydrogens (tertiary/aromatic N) is 1. The van der Waals surface area contributed by atoms with Crippen molar-refractivity contribution in [3.8, 4) is 0 Å². The van der Waals surface area contributed by atoms with Crippen LogP contribution in [0.5, 0.6) is 0 Å². The van der Waals surface area contributed by atoms with E-state index in [0.29, 0.717) is 12.1 Å². The molecule has 0 spiro atoms. The number of halogens is 3. The van der Waals surface area contributed by atoms with Gasteiger partial charge in [0.2, 0.25) is 15.9 Å². The summed E-state index contributed by atoms with van der Waals surface area (Å²) in [5.74, 6) is -0.677. The molecule has 0 unspecified atom stereocenters. The third-order valence-electron chi connectivity index (χ3n) is 5.25. The van der Waals surface area contributed by atoms with Crippen LogP contribution in [-0.4, -0.2) is 35.5 Å². The molecule has 3 rings (SSSR count). The molecule has 3 aromatic rings. The molecular weight excluding hydrogens is 531 g/mol. The van der Waals surface area contributed by atoms with Crippen LogP contribution in [0.15, 0.2) is 77.7 Å². The monoisotopic (exact) mass is 555 g/mol. The molecule has 0 saturated carbocycles. The Hall–Kier alpha value is -3.58. The minimum atomic E-state index is -4.76. The van der Waals surface area contributed by atoms with E-state index >= 15 is 0 Å². The second-order valence-electron chi connectivity index (χ2n) is 7.97. The quantitative estimate of drug-likeness (QED) is 0.405. The zero-order chi connectivity index (χ0) is 27.4. The minimum Gasteiger partial charge on any atom is -0.325 e. The second-order valence-corrected chi connectivity index (χ2v) is 11.6. The molecule has 0 fully saturated rings. The van der Waals surface area contributed by atoms with E-state index in [0.717, 1.165) is 46.5 Å². The fraction of sp³-hybridized carbons (Fsp3) is 0.208. The molecule has 0 aliphatic heterocycles. The maximum atomic E-state index is 13.2. The molecule has 0 radical (unpaired) electrons. The largest absolute Gasteiger partial charge is 0.418 e. The van der Waals surface area contributed by atoms with E-state index in [9.17, 15) is 34.8 Å². The van der Waals surface area contributed by atoms with Gasteiger partial charge in [-0.25, -0.2) is 16.8 Å². The van der Waals surface area contributed by atoms with Crippen LogP contribution in [0.4, 0.5) is 30.2 Å². The predicted molar refractivity (Wildman–Crippen MR) is 135 cm³/mol. The van der Waals surface area contributed by atoms with Crippen molar-refractivity contribution in [1.29, 1.82) is 0 Å². The highest BCUT2D eigenvalue weighted by atomic mass is 32.2. The summed E-state index contributed by atoms with van der Waals surface area (Å²) in [4.78, 5) is 12.3. The Labute approximate surface area is 213 Å². The first-order valence-electron chi connectivity index (χ1n) is 10.9. The zero-order valence-corrected chi connectivity index (χ0v) is 21.4. The van der Waals surface area contributed by atoms with Crippen LogP contribution < -0.4 is 14.3 Å². The molecule has 3 aromatic carbocycles. The van der Waals surface area contributed by atoms with Gasteiger partial charge in [0, 0.05) is 5.69 Å². The predicted octanol–water partition coefficient (Wildman–Crippen LogP) is 4.47. The standard InChI is InChI=1S/C24H24F3N3O5S2/c1-3-17-8-4-7-11-22(17)30(36(2,32)33)16-23(31)28-18-12-14-19(15-13-18)37(34,35)29-21-10-6-5-9-20(21)24(25,26)27/h4-15,29H,3,16H2,1-2H3,(H,28,31). The molecule has 198 valence electrons. The Balaban J connectivity index is 1.76. The average molecular weight is 556 g/mol. The number of carbonyl (C=O) groups is 1. The van der Waals surface area contributed by atoms with Crippen molar-refractivity contribution in [3.05, 3.63) is 83.9 Å². The Morgan fingerprint density at radius 1 is 0.892 bits per heavy atom. The van der Waals surface area contributed by atoms with Gasteiger partial charge in [-0.1, -0.05) is 37.3 Å². The SMILES string of the molecule is CCc1ccccc1N(CC(=O)Nc1ccc(S(=O)(=O)Nc2ccccc2C(F)(F)F)cc1)S(C)(=O)=O. The molecule has 0 saturated heterocycles. The third kappa shape index (κ3) is 7.01. The number of hydrogen-bond donors (Lipinski definition) is 2. The van der Waals surface area contributed by atoms with Gasteiger partial charge in [0.1, 0.15) is 6.54 Å². The van der Waals surface area contributed by atoms with E-state index in [2.05, 4.69) is 5.32 Å². The van der Waals surface area contributed by atoms with Crippen molar-refractivity contribution in [2.75, 3.05) is 27.1 Å². The summed E-state index contributed by atoms with van der Waals surface area (Å²) in [6, 6.07) is 15.6. The summed E-state index contributed by atoms with van der Waals surface area (Å²) in [5.41, 5.74) is -0.496. The number of nitrogens with one attached hydrogen (secondary N) is 2. The maximum Gasteiger partial charge on any atom is 0.418 e. The lowest BCUT2D eigenvalue weighted by atomic mass is 10.1. The van der Waals surface area contributed by atoms with Crippen molar-refractivity contribution in [2.24, 2.45) is 0 Å². The highest BCUT2D eigenvalue weighted by Crippen LogP contribution is 2.35. The normalized spacial score (nSPS) is 12.1. The molecule has 0 heterocycles. The number of rotatable bonds is 9. The van der Waals surface area contributed by atoms with Crippen molar-refractivity contribution < 1.29 is 34.8 Å². The smallest absolute Gasteiger partial charge is 0.325 e. The van der Waals surface area contributed by atoms with Gasteiger partial charge in [0.05, 0.1) is 28.1 Å². The number of hydrogen-bond acceptors (Lipinski definition) is 5. The van der Waals surface area contributed by atoms with E-state index < -0.39 is 49.9 Å². The van der Waals surface area contributed by atoms with Gasteiger partial charge >= 0.3 is 6.18 Å². The van der Waals surface area contributed by atoms with Crippen LogP contribution in [0.2, 0.25) is 0 Å². The molecule has 0 aliphatic carbocycles. The van der Waals surface area contributed by atoms with E-state index in [1.807, 2.05) is 11.6 Å². The van der Waals surface area contributed by atoms with Crippen molar-refractivity contribution >= 4 is 43.0 Å².